The van der Waals surface area contributed by atoms with E-state index in [2.05, 4.69) is 10.1 Å². The van der Waals surface area contributed by atoms with Crippen molar-refractivity contribution in [2.45, 2.75) is 12.8 Å². The van der Waals surface area contributed by atoms with Crippen LogP contribution in [0, 0.1) is 17.0 Å². The van der Waals surface area contributed by atoms with Gasteiger partial charge in [-0.25, -0.2) is 8.78 Å². The van der Waals surface area contributed by atoms with Gasteiger partial charge in [0.25, 0.3) is 0 Å². The summed E-state index contributed by atoms with van der Waals surface area (Å²) in [7, 11) is 0. The van der Waals surface area contributed by atoms with Gasteiger partial charge in [0, 0.05) is 17.3 Å². The van der Waals surface area contributed by atoms with Gasteiger partial charge in [-0.05, 0) is 35.9 Å². The second-order valence-corrected chi connectivity index (χ2v) is 5.57. The van der Waals surface area contributed by atoms with Crippen molar-refractivity contribution in [2.75, 3.05) is 11.9 Å². The van der Waals surface area contributed by atoms with Crippen LogP contribution < -0.4 is 11.1 Å². The van der Waals surface area contributed by atoms with Crippen molar-refractivity contribution in [3.63, 3.8) is 0 Å². The number of hydrogen-bond acceptors (Lipinski definition) is 3. The van der Waals surface area contributed by atoms with Crippen molar-refractivity contribution in [2.24, 2.45) is 5.73 Å². The maximum atomic E-state index is 13.9. The summed E-state index contributed by atoms with van der Waals surface area (Å²) >= 11 is 0. The zero-order valence-electron chi connectivity index (χ0n) is 13.9. The number of hydrogen-bond donors (Lipinski definition) is 3. The molecule has 2 aromatic carbocycles. The van der Waals surface area contributed by atoms with E-state index in [1.807, 2.05) is 0 Å². The number of nitrogens with two attached hydrogens (primary N) is 1. The largest absolute Gasteiger partial charge is 0.411 e. The van der Waals surface area contributed by atoms with E-state index in [-0.39, 0.29) is 28.3 Å². The molecule has 0 amide bonds. The number of ether oxygens (including phenoxy) is 1. The van der Waals surface area contributed by atoms with Crippen LogP contribution in [0.2, 0.25) is 0 Å². The predicted molar refractivity (Wildman–Crippen MR) is 92.0 cm³/mol. The minimum absolute atomic E-state index is 0.0594. The molecule has 2 rings (SSSR count). The first kappa shape index (κ1) is 20.4. The Bertz CT molecular complexity index is 849. The average molecular weight is 385 g/mol. The molecule has 0 atom stereocenters. The van der Waals surface area contributed by atoms with E-state index in [0.29, 0.717) is 0 Å². The SMILES string of the molecule is N=C(N)/C=C(\Nc1ccccc1F)c1cc(F)cc(COCC(F)(F)F)c1. The highest BCUT2D eigenvalue weighted by atomic mass is 19.4. The fraction of sp³-hybridized carbons (Fsp3) is 0.167. The molecule has 4 nitrogen and oxygen atoms in total. The molecular formula is C18H16F5N3O. The molecule has 144 valence electrons. The Morgan fingerprint density at radius 1 is 1.15 bits per heavy atom. The molecule has 0 saturated heterocycles. The van der Waals surface area contributed by atoms with Crippen LogP contribution in [0.3, 0.4) is 0 Å². The van der Waals surface area contributed by atoms with Gasteiger partial charge in [0.1, 0.15) is 24.1 Å². The van der Waals surface area contributed by atoms with E-state index in [4.69, 9.17) is 11.1 Å². The Hall–Kier alpha value is -2.94. The molecule has 0 radical (unpaired) electrons. The fourth-order valence-electron chi connectivity index (χ4n) is 2.23. The van der Waals surface area contributed by atoms with Gasteiger partial charge < -0.3 is 15.8 Å². The molecule has 9 heteroatoms. The summed E-state index contributed by atoms with van der Waals surface area (Å²) in [5, 5.41) is 10.1. The smallest absolute Gasteiger partial charge is 0.384 e. The number of halogens is 5. The summed E-state index contributed by atoms with van der Waals surface area (Å²) in [5.41, 5.74) is 5.82. The standard InChI is InChI=1S/C18H16F5N3O/c19-13-6-11(9-27-10-18(21,22)23)5-12(7-13)16(8-17(24)25)26-15-4-2-1-3-14(15)20/h1-8,26H,9-10H2,(H3,24,25)/b16-8-. The van der Waals surface area contributed by atoms with E-state index < -0.39 is 31.0 Å². The minimum atomic E-state index is -4.50. The Morgan fingerprint density at radius 2 is 1.85 bits per heavy atom. The summed E-state index contributed by atoms with van der Waals surface area (Å²) in [6, 6.07) is 9.14. The number of alkyl halides is 3. The van der Waals surface area contributed by atoms with Crippen LogP contribution in [0.5, 0.6) is 0 Å². The molecule has 0 aliphatic heterocycles. The average Bonchev–Trinajstić information content (AvgIpc) is 2.54. The van der Waals surface area contributed by atoms with E-state index >= 15 is 0 Å². The van der Waals surface area contributed by atoms with Crippen molar-refractivity contribution in [1.29, 1.82) is 5.41 Å². The van der Waals surface area contributed by atoms with Crippen LogP contribution in [-0.4, -0.2) is 18.6 Å². The quantitative estimate of drug-likeness (QED) is 0.375. The predicted octanol–water partition coefficient (Wildman–Crippen LogP) is 4.43. The molecular weight excluding hydrogens is 369 g/mol. The van der Waals surface area contributed by atoms with Gasteiger partial charge in [0.2, 0.25) is 0 Å². The maximum Gasteiger partial charge on any atom is 0.411 e. The van der Waals surface area contributed by atoms with Crippen molar-refractivity contribution < 1.29 is 26.7 Å². The molecule has 2 aromatic rings. The summed E-state index contributed by atoms with van der Waals surface area (Å²) in [6.45, 7) is -1.94. The summed E-state index contributed by atoms with van der Waals surface area (Å²) < 4.78 is 68.8. The van der Waals surface area contributed by atoms with Gasteiger partial charge in [-0.2, -0.15) is 13.2 Å². The van der Waals surface area contributed by atoms with Gasteiger partial charge in [-0.1, -0.05) is 12.1 Å². The molecule has 0 heterocycles. The van der Waals surface area contributed by atoms with Gasteiger partial charge in [-0.3, -0.25) is 5.41 Å². The lowest BCUT2D eigenvalue weighted by Crippen LogP contribution is -2.16. The highest BCUT2D eigenvalue weighted by Crippen LogP contribution is 2.23. The molecule has 0 aromatic heterocycles. The van der Waals surface area contributed by atoms with Crippen molar-refractivity contribution in [3.8, 4) is 0 Å². The lowest BCUT2D eigenvalue weighted by atomic mass is 10.1. The zero-order valence-corrected chi connectivity index (χ0v) is 13.9. The van der Waals surface area contributed by atoms with Gasteiger partial charge in [0.05, 0.1) is 12.3 Å². The molecule has 0 spiro atoms. The highest BCUT2D eigenvalue weighted by molar-refractivity contribution is 5.98. The van der Waals surface area contributed by atoms with Crippen molar-refractivity contribution >= 4 is 17.2 Å². The highest BCUT2D eigenvalue weighted by Gasteiger charge is 2.27. The van der Waals surface area contributed by atoms with Crippen LogP contribution in [0.4, 0.5) is 27.6 Å². The lowest BCUT2D eigenvalue weighted by Gasteiger charge is -2.14. The monoisotopic (exact) mass is 385 g/mol. The van der Waals surface area contributed by atoms with Crippen molar-refractivity contribution in [3.05, 3.63) is 71.3 Å². The Balaban J connectivity index is 2.30. The van der Waals surface area contributed by atoms with Gasteiger partial charge in [-0.15, -0.1) is 0 Å². The van der Waals surface area contributed by atoms with Crippen LogP contribution >= 0.6 is 0 Å². The lowest BCUT2D eigenvalue weighted by molar-refractivity contribution is -0.176. The second kappa shape index (κ2) is 8.63. The van der Waals surface area contributed by atoms with Crippen molar-refractivity contribution in [1.82, 2.24) is 0 Å². The molecule has 0 unspecified atom stereocenters. The molecule has 0 aliphatic carbocycles. The molecule has 27 heavy (non-hydrogen) atoms. The fourth-order valence-corrected chi connectivity index (χ4v) is 2.23. The third-order valence-corrected chi connectivity index (χ3v) is 3.25. The number of nitrogens with one attached hydrogen (secondary N) is 2. The number of para-hydroxylation sites is 1. The third kappa shape index (κ3) is 6.70. The van der Waals surface area contributed by atoms with Gasteiger partial charge >= 0.3 is 6.18 Å². The van der Waals surface area contributed by atoms with Crippen LogP contribution in [0.15, 0.2) is 48.5 Å². The zero-order chi connectivity index (χ0) is 20.0. The second-order valence-electron chi connectivity index (χ2n) is 5.57. The Labute approximate surface area is 152 Å². The maximum absolute atomic E-state index is 13.9. The number of rotatable bonds is 7. The normalized spacial score (nSPS) is 12.1. The van der Waals surface area contributed by atoms with E-state index in [9.17, 15) is 22.0 Å². The van der Waals surface area contributed by atoms with E-state index in [1.54, 1.807) is 6.07 Å². The van der Waals surface area contributed by atoms with Crippen LogP contribution in [0.1, 0.15) is 11.1 Å². The summed E-state index contributed by atoms with van der Waals surface area (Å²) in [5.74, 6) is -1.70. The summed E-state index contributed by atoms with van der Waals surface area (Å²) in [4.78, 5) is 0. The van der Waals surface area contributed by atoms with E-state index in [1.165, 1.54) is 24.3 Å². The van der Waals surface area contributed by atoms with Crippen LogP contribution in [-0.2, 0) is 11.3 Å². The Morgan fingerprint density at radius 3 is 2.48 bits per heavy atom. The first-order valence-electron chi connectivity index (χ1n) is 7.65. The third-order valence-electron chi connectivity index (χ3n) is 3.25. The topological polar surface area (TPSA) is 71.1 Å². The summed E-state index contributed by atoms with van der Waals surface area (Å²) in [6.07, 6.45) is -3.36. The first-order chi connectivity index (χ1) is 12.6. The molecule has 0 aliphatic rings. The Kier molecular flexibility index (Phi) is 6.51. The number of anilines is 1. The number of amidine groups is 1. The molecule has 0 fully saturated rings. The minimum Gasteiger partial charge on any atom is -0.384 e. The van der Waals surface area contributed by atoms with Crippen LogP contribution in [0.25, 0.3) is 5.70 Å². The molecule has 0 saturated carbocycles. The first-order valence-corrected chi connectivity index (χ1v) is 7.65. The van der Waals surface area contributed by atoms with E-state index in [0.717, 1.165) is 18.2 Å². The molecule has 4 N–H and O–H groups in total. The van der Waals surface area contributed by atoms with Gasteiger partial charge in [0.15, 0.2) is 0 Å². The molecule has 0 bridgehead atoms. The number of benzene rings is 2.